The minimum atomic E-state index is -1.59. The summed E-state index contributed by atoms with van der Waals surface area (Å²) in [4.78, 5) is 29.7. The molecule has 1 aromatic carbocycles. The van der Waals surface area contributed by atoms with Gasteiger partial charge in [0.2, 0.25) is 5.78 Å². The molecule has 6 rings (SSSR count). The fraction of sp³-hybridized carbons (Fsp3) is 0.536. The highest BCUT2D eigenvalue weighted by Crippen LogP contribution is 2.67. The summed E-state index contributed by atoms with van der Waals surface area (Å²) in [7, 11) is 0. The smallest absolute Gasteiger partial charge is 0.395 e. The standard InChI is InChI=1S/C28H31NO6/c1-26-11-9-17(30)13-16(26)7-8-18-19-10-12-28(33,27(19,2)14-21(31)24(18)26)23(32)15-34-25-29-20-5-3-4-6-22(20)35-25/h3-6,9,11,13,18-19,21,24,31,33H,7-8,10,12,14-15H2,1-2H3/t18?,19?,21?,24?,26?,27?,28-/m0/s1. The van der Waals surface area contributed by atoms with Crippen LogP contribution in [0.3, 0.4) is 0 Å². The summed E-state index contributed by atoms with van der Waals surface area (Å²) >= 11 is 0. The summed E-state index contributed by atoms with van der Waals surface area (Å²) in [5.74, 6) is -0.187. The van der Waals surface area contributed by atoms with Gasteiger partial charge in [-0.25, -0.2) is 0 Å². The lowest BCUT2D eigenvalue weighted by Crippen LogP contribution is -2.61. The van der Waals surface area contributed by atoms with Crippen molar-refractivity contribution < 1.29 is 29.0 Å². The third kappa shape index (κ3) is 3.14. The number of allylic oxidation sites excluding steroid dienone is 4. The fourth-order valence-electron chi connectivity index (χ4n) is 7.95. The number of aliphatic hydroxyl groups is 2. The van der Waals surface area contributed by atoms with Crippen molar-refractivity contribution in [2.75, 3.05) is 6.61 Å². The molecule has 0 radical (unpaired) electrons. The molecule has 3 saturated carbocycles. The van der Waals surface area contributed by atoms with Crippen molar-refractivity contribution in [2.45, 2.75) is 57.7 Å². The molecular weight excluding hydrogens is 446 g/mol. The Morgan fingerprint density at radius 3 is 2.86 bits per heavy atom. The van der Waals surface area contributed by atoms with E-state index >= 15 is 0 Å². The molecule has 1 aromatic heterocycles. The molecule has 6 unspecified atom stereocenters. The molecule has 7 heteroatoms. The van der Waals surface area contributed by atoms with Gasteiger partial charge in [-0.2, -0.15) is 4.98 Å². The Kier molecular flexibility index (Phi) is 4.93. The van der Waals surface area contributed by atoms with Crippen LogP contribution >= 0.6 is 0 Å². The molecular formula is C28H31NO6. The van der Waals surface area contributed by atoms with Crippen molar-refractivity contribution in [2.24, 2.45) is 28.6 Å². The zero-order valence-electron chi connectivity index (χ0n) is 20.1. The molecule has 0 aliphatic heterocycles. The number of aliphatic hydroxyl groups excluding tert-OH is 1. The van der Waals surface area contributed by atoms with Crippen molar-refractivity contribution in [1.29, 1.82) is 0 Å². The first kappa shape index (κ1) is 22.7. The Labute approximate surface area is 203 Å². The molecule has 7 nitrogen and oxygen atoms in total. The minimum Gasteiger partial charge on any atom is -0.442 e. The maximum Gasteiger partial charge on any atom is 0.395 e. The van der Waals surface area contributed by atoms with Crippen LogP contribution in [0.15, 0.2) is 52.5 Å². The molecule has 4 aliphatic carbocycles. The van der Waals surface area contributed by atoms with Gasteiger partial charge in [0.05, 0.1) is 6.10 Å². The van der Waals surface area contributed by atoms with Crippen LogP contribution in [-0.2, 0) is 9.59 Å². The van der Waals surface area contributed by atoms with E-state index in [1.54, 1.807) is 24.3 Å². The van der Waals surface area contributed by atoms with Crippen LogP contribution in [0.1, 0.15) is 46.0 Å². The fourth-order valence-corrected chi connectivity index (χ4v) is 7.95. The van der Waals surface area contributed by atoms with Crippen molar-refractivity contribution in [1.82, 2.24) is 4.98 Å². The van der Waals surface area contributed by atoms with Crippen molar-refractivity contribution >= 4 is 22.7 Å². The third-order valence-corrected chi connectivity index (χ3v) is 9.71. The van der Waals surface area contributed by atoms with E-state index in [4.69, 9.17) is 9.15 Å². The van der Waals surface area contributed by atoms with Gasteiger partial charge in [-0.3, -0.25) is 9.59 Å². The van der Waals surface area contributed by atoms with Gasteiger partial charge in [0.15, 0.2) is 18.0 Å². The second-order valence-electron chi connectivity index (χ2n) is 11.3. The van der Waals surface area contributed by atoms with Crippen molar-refractivity contribution in [3.05, 3.63) is 48.1 Å². The van der Waals surface area contributed by atoms with Gasteiger partial charge >= 0.3 is 6.08 Å². The molecule has 3 fully saturated rings. The van der Waals surface area contributed by atoms with Crippen LogP contribution in [0.4, 0.5) is 0 Å². The van der Waals surface area contributed by atoms with E-state index < -0.39 is 22.9 Å². The number of Topliss-reactive ketones (excluding diaryl/α,β-unsaturated/α-hetero) is 1. The molecule has 7 atom stereocenters. The molecule has 1 heterocycles. The topological polar surface area (TPSA) is 110 Å². The Hall–Kier alpha value is -2.77. The van der Waals surface area contributed by atoms with E-state index in [1.165, 1.54) is 0 Å². The van der Waals surface area contributed by atoms with Crippen LogP contribution in [0.5, 0.6) is 6.08 Å². The molecule has 4 aliphatic rings. The predicted molar refractivity (Wildman–Crippen MR) is 127 cm³/mol. The second-order valence-corrected chi connectivity index (χ2v) is 11.3. The number of aromatic nitrogens is 1. The van der Waals surface area contributed by atoms with Gasteiger partial charge in [-0.15, -0.1) is 0 Å². The highest BCUT2D eigenvalue weighted by Gasteiger charge is 2.68. The number of para-hydroxylation sites is 2. The van der Waals surface area contributed by atoms with Crippen LogP contribution in [0, 0.1) is 28.6 Å². The average molecular weight is 478 g/mol. The number of benzene rings is 1. The zero-order chi connectivity index (χ0) is 24.6. The normalized spacial score (nSPS) is 40.1. The number of ether oxygens (including phenoxy) is 1. The van der Waals surface area contributed by atoms with Gasteiger partial charge in [-0.05, 0) is 68.2 Å². The number of rotatable bonds is 4. The maximum atomic E-state index is 13.4. The molecule has 0 amide bonds. The summed E-state index contributed by atoms with van der Waals surface area (Å²) in [6.07, 6.45) is 7.64. The molecule has 2 aromatic rings. The lowest BCUT2D eigenvalue weighted by atomic mass is 9.46. The predicted octanol–water partition coefficient (Wildman–Crippen LogP) is 3.79. The first-order chi connectivity index (χ1) is 16.7. The van der Waals surface area contributed by atoms with E-state index in [0.29, 0.717) is 30.4 Å². The van der Waals surface area contributed by atoms with Gasteiger partial charge in [0.25, 0.3) is 0 Å². The maximum absolute atomic E-state index is 13.4. The van der Waals surface area contributed by atoms with Crippen molar-refractivity contribution in [3.63, 3.8) is 0 Å². The number of ketones is 2. The number of carbonyl (C=O) groups is 2. The summed E-state index contributed by atoms with van der Waals surface area (Å²) in [5.41, 5.74) is -0.434. The minimum absolute atomic E-state index is 0.00440. The van der Waals surface area contributed by atoms with E-state index in [-0.39, 0.29) is 41.6 Å². The number of fused-ring (bicyclic) bond motifs is 6. The van der Waals surface area contributed by atoms with Gasteiger partial charge in [0.1, 0.15) is 11.1 Å². The zero-order valence-corrected chi connectivity index (χ0v) is 20.1. The Bertz CT molecular complexity index is 1240. The highest BCUT2D eigenvalue weighted by atomic mass is 16.6. The second kappa shape index (κ2) is 7.61. The first-order valence-electron chi connectivity index (χ1n) is 12.5. The number of oxazole rings is 1. The number of carbonyl (C=O) groups excluding carboxylic acids is 2. The molecule has 2 N–H and O–H groups in total. The highest BCUT2D eigenvalue weighted by molar-refractivity contribution is 6.01. The van der Waals surface area contributed by atoms with Gasteiger partial charge < -0.3 is 19.4 Å². The number of nitrogens with zero attached hydrogens (tertiary/aromatic N) is 1. The SMILES string of the molecule is CC12C=CC(=O)C=C1CCC1C2C(O)CC2(C)C1CC[C@]2(O)C(=O)COc1nc2ccccc2o1. The lowest BCUT2D eigenvalue weighted by molar-refractivity contribution is -0.178. The molecule has 184 valence electrons. The summed E-state index contributed by atoms with van der Waals surface area (Å²) in [6.45, 7) is 3.73. The number of hydrogen-bond donors (Lipinski definition) is 2. The number of hydrogen-bond acceptors (Lipinski definition) is 7. The summed E-state index contributed by atoms with van der Waals surface area (Å²) in [5, 5.41) is 23.3. The molecule has 35 heavy (non-hydrogen) atoms. The van der Waals surface area contributed by atoms with Crippen LogP contribution in [0.25, 0.3) is 11.1 Å². The van der Waals surface area contributed by atoms with E-state index in [0.717, 1.165) is 18.4 Å². The Morgan fingerprint density at radius 2 is 2.06 bits per heavy atom. The quantitative estimate of drug-likeness (QED) is 0.689. The monoisotopic (exact) mass is 477 g/mol. The third-order valence-electron chi connectivity index (χ3n) is 9.71. The Balaban J connectivity index is 1.25. The molecule has 0 bridgehead atoms. The van der Waals surface area contributed by atoms with E-state index in [2.05, 4.69) is 11.9 Å². The molecule has 0 spiro atoms. The van der Waals surface area contributed by atoms with Gasteiger partial charge in [-0.1, -0.05) is 37.6 Å². The Morgan fingerprint density at radius 1 is 1.26 bits per heavy atom. The van der Waals surface area contributed by atoms with Gasteiger partial charge in [0, 0.05) is 16.7 Å². The summed E-state index contributed by atoms with van der Waals surface area (Å²) in [6, 6.07) is 7.24. The lowest BCUT2D eigenvalue weighted by Gasteiger charge is -2.59. The van der Waals surface area contributed by atoms with Crippen molar-refractivity contribution in [3.8, 4) is 6.08 Å². The average Bonchev–Trinajstić information content (AvgIpc) is 3.36. The largest absolute Gasteiger partial charge is 0.442 e. The van der Waals surface area contributed by atoms with Crippen LogP contribution in [-0.4, -0.2) is 45.1 Å². The van der Waals surface area contributed by atoms with E-state index in [1.807, 2.05) is 25.1 Å². The van der Waals surface area contributed by atoms with Crippen LogP contribution in [0.2, 0.25) is 0 Å². The first-order valence-corrected chi connectivity index (χ1v) is 12.5. The van der Waals surface area contributed by atoms with Crippen LogP contribution < -0.4 is 4.74 Å². The molecule has 0 saturated heterocycles. The summed E-state index contributed by atoms with van der Waals surface area (Å²) < 4.78 is 11.1. The van der Waals surface area contributed by atoms with E-state index in [9.17, 15) is 19.8 Å².